The van der Waals surface area contributed by atoms with Crippen molar-refractivity contribution in [2.45, 2.75) is 106 Å². The summed E-state index contributed by atoms with van der Waals surface area (Å²) in [6, 6.07) is 0. The summed E-state index contributed by atoms with van der Waals surface area (Å²) >= 11 is 0. The zero-order valence-electron chi connectivity index (χ0n) is 23.2. The molecule has 0 spiro atoms. The second-order valence-corrected chi connectivity index (χ2v) is 14.8. The average molecular weight is 503 g/mol. The van der Waals surface area contributed by atoms with Gasteiger partial charge >= 0.3 is 17.9 Å². The zero-order valence-corrected chi connectivity index (χ0v) is 23.2. The molecule has 0 aliphatic heterocycles. The first kappa shape index (κ1) is 27.2. The average Bonchev–Trinajstić information content (AvgIpc) is 2.72. The van der Waals surface area contributed by atoms with Gasteiger partial charge in [-0.3, -0.25) is 14.4 Å². The lowest BCUT2D eigenvalue weighted by atomic mass is 9.34. The number of aliphatic carboxylic acids is 3. The van der Waals surface area contributed by atoms with Gasteiger partial charge in [0.15, 0.2) is 0 Å². The molecule has 6 nitrogen and oxygen atoms in total. The zero-order chi connectivity index (χ0) is 27.1. The molecule has 3 N–H and O–H groups in total. The van der Waals surface area contributed by atoms with Crippen molar-refractivity contribution in [3.63, 3.8) is 0 Å². The molecule has 0 aromatic rings. The summed E-state index contributed by atoms with van der Waals surface area (Å²) in [5.41, 5.74) is -1.51. The van der Waals surface area contributed by atoms with Crippen molar-refractivity contribution >= 4 is 17.9 Å². The van der Waals surface area contributed by atoms with E-state index in [1.807, 2.05) is 6.92 Å². The number of carbonyl (C=O) groups is 3. The van der Waals surface area contributed by atoms with E-state index in [0.717, 1.165) is 25.7 Å². The van der Waals surface area contributed by atoms with Gasteiger partial charge in [-0.25, -0.2) is 0 Å². The highest BCUT2D eigenvalue weighted by atomic mass is 16.4. The highest BCUT2D eigenvalue weighted by Crippen LogP contribution is 2.74. The highest BCUT2D eigenvalue weighted by Gasteiger charge is 2.69. The van der Waals surface area contributed by atoms with E-state index < -0.39 is 34.2 Å². The molecular formula is C30H46O6. The fourth-order valence-corrected chi connectivity index (χ4v) is 9.90. The van der Waals surface area contributed by atoms with Crippen molar-refractivity contribution in [1.82, 2.24) is 0 Å². The topological polar surface area (TPSA) is 112 Å². The van der Waals surface area contributed by atoms with E-state index in [1.165, 1.54) is 5.57 Å². The standard InChI is InChI=1S/C30H46O6/c1-25(2)12-14-30(24(35)36)15-13-28(6)18(19(30)16-25)8-9-21-27(5,17-22(31)32)20(10-11-29(21,28)7)26(3,4)23(33)34/h8,19-21H,9-17H2,1-7H3,(H,31,32)(H,33,34)(H,35,36)/t19-,20+,21-,27+,28-,29-,30+/m1/s1. The molecule has 202 valence electrons. The summed E-state index contributed by atoms with van der Waals surface area (Å²) in [5, 5.41) is 30.6. The van der Waals surface area contributed by atoms with Gasteiger partial charge in [0, 0.05) is 0 Å². The summed E-state index contributed by atoms with van der Waals surface area (Å²) in [6.07, 6.45) is 8.34. The lowest BCUT2D eigenvalue weighted by Gasteiger charge is -2.69. The van der Waals surface area contributed by atoms with Crippen LogP contribution in [0.5, 0.6) is 0 Å². The Bertz CT molecular complexity index is 1010. The Balaban J connectivity index is 1.86. The monoisotopic (exact) mass is 502 g/mol. The predicted molar refractivity (Wildman–Crippen MR) is 137 cm³/mol. The maximum absolute atomic E-state index is 12.8. The summed E-state index contributed by atoms with van der Waals surface area (Å²) in [6.45, 7) is 14.6. The largest absolute Gasteiger partial charge is 0.481 e. The molecule has 0 saturated heterocycles. The SMILES string of the molecule is CC1(C)CC[C@]2(C(=O)O)CC[C@]3(C)C(=CC[C@@H]4[C@@](C)(CC(=O)O)[C@H](C(C)(C)C(=O)O)CC[C@]43C)[C@H]2C1. The van der Waals surface area contributed by atoms with Crippen LogP contribution in [0.3, 0.4) is 0 Å². The Morgan fingerprint density at radius 2 is 1.56 bits per heavy atom. The van der Waals surface area contributed by atoms with Gasteiger partial charge in [0.1, 0.15) is 0 Å². The van der Waals surface area contributed by atoms with E-state index in [0.29, 0.717) is 25.7 Å². The van der Waals surface area contributed by atoms with Gasteiger partial charge in [-0.1, -0.05) is 46.3 Å². The Hall–Kier alpha value is -1.85. The molecule has 0 heterocycles. The molecule has 0 radical (unpaired) electrons. The Kier molecular flexibility index (Phi) is 6.10. The first-order chi connectivity index (χ1) is 16.4. The summed E-state index contributed by atoms with van der Waals surface area (Å²) in [4.78, 5) is 37.3. The molecule has 0 amide bonds. The van der Waals surface area contributed by atoms with Crippen LogP contribution in [0.1, 0.15) is 106 Å². The van der Waals surface area contributed by atoms with Crippen LogP contribution in [0.4, 0.5) is 0 Å². The van der Waals surface area contributed by atoms with Crippen LogP contribution >= 0.6 is 0 Å². The minimum Gasteiger partial charge on any atom is -0.481 e. The number of hydrogen-bond acceptors (Lipinski definition) is 3. The number of allylic oxidation sites excluding steroid dienone is 2. The van der Waals surface area contributed by atoms with Crippen molar-refractivity contribution < 1.29 is 29.7 Å². The smallest absolute Gasteiger partial charge is 0.310 e. The van der Waals surface area contributed by atoms with Crippen LogP contribution in [-0.4, -0.2) is 33.2 Å². The third-order valence-corrected chi connectivity index (χ3v) is 12.3. The van der Waals surface area contributed by atoms with Crippen molar-refractivity contribution in [3.8, 4) is 0 Å². The number of carboxylic acids is 3. The van der Waals surface area contributed by atoms with Gasteiger partial charge in [0.05, 0.1) is 17.3 Å². The van der Waals surface area contributed by atoms with E-state index in [9.17, 15) is 29.7 Å². The molecule has 0 aromatic heterocycles. The van der Waals surface area contributed by atoms with Crippen molar-refractivity contribution in [2.75, 3.05) is 0 Å². The quantitative estimate of drug-likeness (QED) is 0.363. The molecule has 3 fully saturated rings. The molecular weight excluding hydrogens is 456 g/mol. The lowest BCUT2D eigenvalue weighted by molar-refractivity contribution is -0.190. The van der Waals surface area contributed by atoms with Crippen molar-refractivity contribution in [3.05, 3.63) is 11.6 Å². The van der Waals surface area contributed by atoms with E-state index in [-0.39, 0.29) is 40.4 Å². The van der Waals surface area contributed by atoms with Gasteiger partial charge in [0.2, 0.25) is 0 Å². The Morgan fingerprint density at radius 3 is 2.11 bits per heavy atom. The molecule has 4 aliphatic carbocycles. The second-order valence-electron chi connectivity index (χ2n) is 14.8. The van der Waals surface area contributed by atoms with Crippen LogP contribution in [0.25, 0.3) is 0 Å². The Morgan fingerprint density at radius 1 is 0.944 bits per heavy atom. The minimum atomic E-state index is -1.03. The molecule has 36 heavy (non-hydrogen) atoms. The van der Waals surface area contributed by atoms with E-state index >= 15 is 0 Å². The summed E-state index contributed by atoms with van der Waals surface area (Å²) in [7, 11) is 0. The van der Waals surface area contributed by atoms with Gasteiger partial charge in [-0.15, -0.1) is 0 Å². The van der Waals surface area contributed by atoms with Gasteiger partial charge < -0.3 is 15.3 Å². The fourth-order valence-electron chi connectivity index (χ4n) is 9.90. The van der Waals surface area contributed by atoms with Crippen LogP contribution in [0.15, 0.2) is 11.6 Å². The highest BCUT2D eigenvalue weighted by molar-refractivity contribution is 5.77. The normalized spacial score (nSPS) is 43.9. The number of hydrogen-bond donors (Lipinski definition) is 3. The number of fused-ring (bicyclic) bond motifs is 5. The van der Waals surface area contributed by atoms with Crippen LogP contribution in [0.2, 0.25) is 0 Å². The maximum atomic E-state index is 12.8. The van der Waals surface area contributed by atoms with Crippen molar-refractivity contribution in [2.24, 2.45) is 50.2 Å². The lowest BCUT2D eigenvalue weighted by Crippen LogP contribution is -2.63. The minimum absolute atomic E-state index is 0.00538. The molecule has 4 aliphatic rings. The van der Waals surface area contributed by atoms with Crippen LogP contribution in [-0.2, 0) is 14.4 Å². The molecule has 6 heteroatoms. The first-order valence-electron chi connectivity index (χ1n) is 13.8. The molecule has 3 saturated carbocycles. The molecule has 7 atom stereocenters. The summed E-state index contributed by atoms with van der Waals surface area (Å²) < 4.78 is 0. The number of rotatable bonds is 5. The fraction of sp³-hybridized carbons (Fsp3) is 0.833. The Labute approximate surface area is 215 Å². The third kappa shape index (κ3) is 3.52. The van der Waals surface area contributed by atoms with E-state index in [2.05, 4.69) is 33.8 Å². The van der Waals surface area contributed by atoms with Crippen molar-refractivity contribution in [1.29, 1.82) is 0 Å². The van der Waals surface area contributed by atoms with Gasteiger partial charge in [-0.2, -0.15) is 0 Å². The molecule has 0 unspecified atom stereocenters. The predicted octanol–water partition coefficient (Wildman–Crippen LogP) is 6.64. The van der Waals surface area contributed by atoms with E-state index in [4.69, 9.17) is 0 Å². The maximum Gasteiger partial charge on any atom is 0.310 e. The summed E-state index contributed by atoms with van der Waals surface area (Å²) in [5.74, 6) is -2.67. The second kappa shape index (κ2) is 8.07. The van der Waals surface area contributed by atoms with Gasteiger partial charge in [-0.05, 0) is 105 Å². The van der Waals surface area contributed by atoms with Crippen LogP contribution in [0, 0.1) is 50.2 Å². The molecule has 4 rings (SSSR count). The third-order valence-electron chi connectivity index (χ3n) is 12.3. The first-order valence-corrected chi connectivity index (χ1v) is 13.8. The van der Waals surface area contributed by atoms with Gasteiger partial charge in [0.25, 0.3) is 0 Å². The molecule has 0 bridgehead atoms. The number of carboxylic acid groups (broad SMARTS) is 3. The molecule has 0 aromatic carbocycles. The van der Waals surface area contributed by atoms with E-state index in [1.54, 1.807) is 13.8 Å². The van der Waals surface area contributed by atoms with Crippen LogP contribution < -0.4 is 0 Å².